The SMILES string of the molecule is COc1cc(/C=C/C(=O)OCc2ccc(C=O)o2)ccc1OC(C)=O. The fourth-order valence-electron chi connectivity index (χ4n) is 1.92. The molecule has 1 heterocycles. The third-order valence-corrected chi connectivity index (χ3v) is 3.01. The van der Waals surface area contributed by atoms with Crippen molar-refractivity contribution in [2.45, 2.75) is 13.5 Å². The van der Waals surface area contributed by atoms with Crippen molar-refractivity contribution in [1.82, 2.24) is 0 Å². The van der Waals surface area contributed by atoms with E-state index >= 15 is 0 Å². The first kappa shape index (κ1) is 18.0. The minimum atomic E-state index is -0.577. The molecule has 1 aromatic heterocycles. The van der Waals surface area contributed by atoms with E-state index in [0.717, 1.165) is 0 Å². The highest BCUT2D eigenvalue weighted by Gasteiger charge is 2.08. The van der Waals surface area contributed by atoms with Crippen molar-refractivity contribution in [3.05, 3.63) is 53.5 Å². The maximum atomic E-state index is 11.7. The summed E-state index contributed by atoms with van der Waals surface area (Å²) in [6.45, 7) is 1.21. The van der Waals surface area contributed by atoms with Gasteiger partial charge in [-0.05, 0) is 35.9 Å². The van der Waals surface area contributed by atoms with Crippen LogP contribution in [-0.4, -0.2) is 25.3 Å². The van der Waals surface area contributed by atoms with Gasteiger partial charge in [-0.3, -0.25) is 9.59 Å². The molecule has 0 atom stereocenters. The molecule has 7 heteroatoms. The summed E-state index contributed by atoms with van der Waals surface area (Å²) >= 11 is 0. The number of aldehydes is 1. The van der Waals surface area contributed by atoms with Crippen LogP contribution in [0.4, 0.5) is 0 Å². The number of hydrogen-bond acceptors (Lipinski definition) is 7. The average Bonchev–Trinajstić information content (AvgIpc) is 3.06. The molecule has 7 nitrogen and oxygen atoms in total. The van der Waals surface area contributed by atoms with E-state index in [0.29, 0.717) is 29.1 Å². The molecule has 2 aromatic rings. The van der Waals surface area contributed by atoms with Crippen LogP contribution in [0.2, 0.25) is 0 Å². The first-order chi connectivity index (χ1) is 12.0. The summed E-state index contributed by atoms with van der Waals surface area (Å²) in [5, 5.41) is 0. The van der Waals surface area contributed by atoms with Crippen LogP contribution in [0.15, 0.2) is 40.8 Å². The van der Waals surface area contributed by atoms with Gasteiger partial charge in [0.1, 0.15) is 12.4 Å². The number of methoxy groups -OCH3 is 1. The smallest absolute Gasteiger partial charge is 0.331 e. The maximum absolute atomic E-state index is 11.7. The van der Waals surface area contributed by atoms with Crippen molar-refractivity contribution < 1.29 is 33.0 Å². The summed E-state index contributed by atoms with van der Waals surface area (Å²) in [5.41, 5.74) is 0.658. The Morgan fingerprint density at radius 1 is 1.16 bits per heavy atom. The van der Waals surface area contributed by atoms with Gasteiger partial charge in [-0.15, -0.1) is 0 Å². The lowest BCUT2D eigenvalue weighted by molar-refractivity contribution is -0.139. The fourth-order valence-corrected chi connectivity index (χ4v) is 1.92. The standard InChI is InChI=1S/C18H16O7/c1-12(20)24-16-7-3-13(9-17(16)22-2)4-8-18(21)23-11-15-6-5-14(10-19)25-15/h3-10H,11H2,1-2H3/b8-4+. The monoisotopic (exact) mass is 344 g/mol. The van der Waals surface area contributed by atoms with Crippen molar-refractivity contribution in [1.29, 1.82) is 0 Å². The molecule has 0 aliphatic carbocycles. The van der Waals surface area contributed by atoms with Crippen molar-refractivity contribution in [2.75, 3.05) is 7.11 Å². The zero-order valence-electron chi connectivity index (χ0n) is 13.7. The summed E-state index contributed by atoms with van der Waals surface area (Å²) in [4.78, 5) is 33.2. The molecule has 0 unspecified atom stereocenters. The lowest BCUT2D eigenvalue weighted by Gasteiger charge is -2.08. The zero-order chi connectivity index (χ0) is 18.2. The number of rotatable bonds is 7. The highest BCUT2D eigenvalue weighted by Crippen LogP contribution is 2.28. The van der Waals surface area contributed by atoms with Gasteiger partial charge >= 0.3 is 11.9 Å². The predicted octanol–water partition coefficient (Wildman–Crippen LogP) is 2.78. The van der Waals surface area contributed by atoms with E-state index in [1.54, 1.807) is 24.3 Å². The Hall–Kier alpha value is -3.35. The molecule has 0 aliphatic rings. The Morgan fingerprint density at radius 3 is 2.60 bits per heavy atom. The van der Waals surface area contributed by atoms with Crippen LogP contribution < -0.4 is 9.47 Å². The van der Waals surface area contributed by atoms with Gasteiger partial charge in [0.05, 0.1) is 7.11 Å². The molecule has 25 heavy (non-hydrogen) atoms. The second-order valence-electron chi connectivity index (χ2n) is 4.87. The minimum absolute atomic E-state index is 0.0777. The Balaban J connectivity index is 1.96. The molecule has 0 bridgehead atoms. The third kappa shape index (κ3) is 5.35. The Bertz CT molecular complexity index is 802. The van der Waals surface area contributed by atoms with Crippen molar-refractivity contribution >= 4 is 24.3 Å². The van der Waals surface area contributed by atoms with Crippen molar-refractivity contribution in [3.63, 3.8) is 0 Å². The highest BCUT2D eigenvalue weighted by atomic mass is 16.6. The number of furan rings is 1. The maximum Gasteiger partial charge on any atom is 0.331 e. The molecule has 0 saturated carbocycles. The Morgan fingerprint density at radius 2 is 1.96 bits per heavy atom. The molecule has 0 radical (unpaired) electrons. The summed E-state index contributed by atoms with van der Waals surface area (Å²) in [6, 6.07) is 7.88. The van der Waals surface area contributed by atoms with Crippen LogP contribution in [-0.2, 0) is 20.9 Å². The summed E-state index contributed by atoms with van der Waals surface area (Å²) < 4.78 is 20.2. The Kier molecular flexibility index (Phi) is 6.11. The van der Waals surface area contributed by atoms with E-state index in [1.807, 2.05) is 0 Å². The summed E-state index contributed by atoms with van der Waals surface area (Å²) in [6.07, 6.45) is 3.34. The largest absolute Gasteiger partial charge is 0.493 e. The van der Waals surface area contributed by atoms with Crippen LogP contribution in [0, 0.1) is 0 Å². The van der Waals surface area contributed by atoms with Gasteiger partial charge in [0.25, 0.3) is 0 Å². The molecule has 0 saturated heterocycles. The predicted molar refractivity (Wildman–Crippen MR) is 87.2 cm³/mol. The van der Waals surface area contributed by atoms with Gasteiger partial charge in [-0.2, -0.15) is 0 Å². The molecule has 0 aliphatic heterocycles. The molecule has 0 amide bonds. The van der Waals surface area contributed by atoms with Crippen LogP contribution >= 0.6 is 0 Å². The number of carbonyl (C=O) groups excluding carboxylic acids is 3. The number of esters is 2. The zero-order valence-corrected chi connectivity index (χ0v) is 13.7. The third-order valence-electron chi connectivity index (χ3n) is 3.01. The lowest BCUT2D eigenvalue weighted by Crippen LogP contribution is -2.03. The number of ether oxygens (including phenoxy) is 3. The second kappa shape index (κ2) is 8.49. The second-order valence-corrected chi connectivity index (χ2v) is 4.87. The van der Waals surface area contributed by atoms with Gasteiger partial charge in [0.2, 0.25) is 0 Å². The van der Waals surface area contributed by atoms with Gasteiger partial charge in [0, 0.05) is 13.0 Å². The van der Waals surface area contributed by atoms with E-state index < -0.39 is 11.9 Å². The van der Waals surface area contributed by atoms with Crippen LogP contribution in [0.5, 0.6) is 11.5 Å². The van der Waals surface area contributed by atoms with E-state index in [9.17, 15) is 14.4 Å². The molecule has 0 N–H and O–H groups in total. The first-order valence-corrected chi connectivity index (χ1v) is 7.27. The van der Waals surface area contributed by atoms with Crippen molar-refractivity contribution in [2.24, 2.45) is 0 Å². The van der Waals surface area contributed by atoms with E-state index in [1.165, 1.54) is 32.3 Å². The van der Waals surface area contributed by atoms with E-state index in [4.69, 9.17) is 18.6 Å². The number of carbonyl (C=O) groups is 3. The van der Waals surface area contributed by atoms with Crippen LogP contribution in [0.1, 0.15) is 28.8 Å². The van der Waals surface area contributed by atoms with Gasteiger partial charge in [0.15, 0.2) is 23.5 Å². The minimum Gasteiger partial charge on any atom is -0.493 e. The normalized spacial score (nSPS) is 10.5. The quantitative estimate of drug-likeness (QED) is 0.330. The van der Waals surface area contributed by atoms with Gasteiger partial charge in [-0.25, -0.2) is 4.79 Å². The first-order valence-electron chi connectivity index (χ1n) is 7.27. The summed E-state index contributed by atoms with van der Waals surface area (Å²) in [5.74, 6) is 0.159. The number of hydrogen-bond donors (Lipinski definition) is 0. The topological polar surface area (TPSA) is 92.0 Å². The summed E-state index contributed by atoms with van der Waals surface area (Å²) in [7, 11) is 1.45. The molecule has 2 rings (SSSR count). The fraction of sp³-hybridized carbons (Fsp3) is 0.167. The molecule has 0 fully saturated rings. The number of benzene rings is 1. The molecule has 130 valence electrons. The van der Waals surface area contributed by atoms with Crippen LogP contribution in [0.3, 0.4) is 0 Å². The van der Waals surface area contributed by atoms with E-state index in [2.05, 4.69) is 0 Å². The van der Waals surface area contributed by atoms with Crippen LogP contribution in [0.25, 0.3) is 6.08 Å². The Labute approximate surface area is 143 Å². The molecule has 1 aromatic carbocycles. The van der Waals surface area contributed by atoms with Crippen molar-refractivity contribution in [3.8, 4) is 11.5 Å². The molecular formula is C18H16O7. The van der Waals surface area contributed by atoms with Gasteiger partial charge < -0.3 is 18.6 Å². The molecular weight excluding hydrogens is 328 g/mol. The van der Waals surface area contributed by atoms with Gasteiger partial charge in [-0.1, -0.05) is 6.07 Å². The molecule has 0 spiro atoms. The lowest BCUT2D eigenvalue weighted by atomic mass is 10.2. The average molecular weight is 344 g/mol. The highest BCUT2D eigenvalue weighted by molar-refractivity contribution is 5.87. The van der Waals surface area contributed by atoms with E-state index in [-0.39, 0.29) is 12.4 Å².